The summed E-state index contributed by atoms with van der Waals surface area (Å²) in [6.45, 7) is 3.63. The second-order valence-corrected chi connectivity index (χ2v) is 4.41. The zero-order valence-electron chi connectivity index (χ0n) is 8.89. The minimum atomic E-state index is -0.935. The number of aryl methyl sites for hydroxylation is 2. The molecule has 0 bridgehead atoms. The van der Waals surface area contributed by atoms with Gasteiger partial charge in [-0.15, -0.1) is 11.3 Å². The molecule has 0 radical (unpaired) electrons. The van der Waals surface area contributed by atoms with Crippen LogP contribution < -0.4 is 0 Å². The predicted octanol–water partition coefficient (Wildman–Crippen LogP) is 2.52. The van der Waals surface area contributed by atoms with Crippen LogP contribution in [0, 0.1) is 13.8 Å². The summed E-state index contributed by atoms with van der Waals surface area (Å²) in [6.07, 6.45) is 1.68. The lowest BCUT2D eigenvalue weighted by atomic mass is 10.2. The number of pyridine rings is 1. The van der Waals surface area contributed by atoms with E-state index >= 15 is 0 Å². The van der Waals surface area contributed by atoms with Gasteiger partial charge in [-0.2, -0.15) is 0 Å². The molecular weight excluding hydrogens is 224 g/mol. The van der Waals surface area contributed by atoms with Gasteiger partial charge in [0.1, 0.15) is 15.6 Å². The fourth-order valence-corrected chi connectivity index (χ4v) is 2.37. The summed E-state index contributed by atoms with van der Waals surface area (Å²) in [6, 6.07) is 3.77. The number of aromatic nitrogens is 2. The van der Waals surface area contributed by atoms with E-state index in [1.54, 1.807) is 13.1 Å². The van der Waals surface area contributed by atoms with Gasteiger partial charge >= 0.3 is 5.97 Å². The van der Waals surface area contributed by atoms with E-state index in [0.29, 0.717) is 10.7 Å². The summed E-state index contributed by atoms with van der Waals surface area (Å²) in [4.78, 5) is 19.6. The lowest BCUT2D eigenvalue weighted by molar-refractivity contribution is 0.0701. The van der Waals surface area contributed by atoms with Crippen molar-refractivity contribution in [1.82, 2.24) is 9.97 Å². The van der Waals surface area contributed by atoms with Crippen molar-refractivity contribution in [2.75, 3.05) is 0 Å². The smallest absolute Gasteiger partial charge is 0.347 e. The van der Waals surface area contributed by atoms with Gasteiger partial charge in [0, 0.05) is 6.20 Å². The zero-order chi connectivity index (χ0) is 11.7. The Hall–Kier alpha value is -1.75. The second kappa shape index (κ2) is 4.02. The summed E-state index contributed by atoms with van der Waals surface area (Å²) in [5.74, 6) is -0.935. The molecule has 2 rings (SSSR count). The first-order valence-electron chi connectivity index (χ1n) is 4.72. The Labute approximate surface area is 96.6 Å². The van der Waals surface area contributed by atoms with Gasteiger partial charge in [-0.05, 0) is 25.5 Å². The van der Waals surface area contributed by atoms with Crippen molar-refractivity contribution in [3.8, 4) is 10.7 Å². The van der Waals surface area contributed by atoms with Crippen molar-refractivity contribution < 1.29 is 9.90 Å². The highest BCUT2D eigenvalue weighted by atomic mass is 32.1. The van der Waals surface area contributed by atoms with E-state index in [4.69, 9.17) is 5.11 Å². The van der Waals surface area contributed by atoms with E-state index in [2.05, 4.69) is 9.97 Å². The van der Waals surface area contributed by atoms with Crippen LogP contribution in [0.15, 0.2) is 18.3 Å². The molecule has 0 aliphatic heterocycles. The van der Waals surface area contributed by atoms with Crippen LogP contribution in [0.1, 0.15) is 20.9 Å². The van der Waals surface area contributed by atoms with Gasteiger partial charge in [0.05, 0.1) is 5.69 Å². The van der Waals surface area contributed by atoms with Crippen molar-refractivity contribution in [2.24, 2.45) is 0 Å². The Morgan fingerprint density at radius 3 is 2.75 bits per heavy atom. The van der Waals surface area contributed by atoms with Gasteiger partial charge in [0.2, 0.25) is 0 Å². The molecule has 0 aliphatic carbocycles. The maximum atomic E-state index is 10.9. The number of carboxylic acid groups (broad SMARTS) is 1. The molecule has 0 unspecified atom stereocenters. The van der Waals surface area contributed by atoms with E-state index in [1.165, 1.54) is 0 Å². The Balaban J connectivity index is 2.54. The van der Waals surface area contributed by atoms with E-state index in [0.717, 1.165) is 22.6 Å². The number of nitrogens with zero attached hydrogens (tertiary/aromatic N) is 2. The molecule has 0 spiro atoms. The topological polar surface area (TPSA) is 63.1 Å². The van der Waals surface area contributed by atoms with Gasteiger partial charge in [-0.25, -0.2) is 9.78 Å². The van der Waals surface area contributed by atoms with E-state index in [-0.39, 0.29) is 4.88 Å². The number of aromatic carboxylic acids is 1. The Morgan fingerprint density at radius 1 is 1.44 bits per heavy atom. The molecule has 4 nitrogen and oxygen atoms in total. The highest BCUT2D eigenvalue weighted by Gasteiger charge is 2.16. The molecule has 1 N–H and O–H groups in total. The minimum Gasteiger partial charge on any atom is -0.477 e. The van der Waals surface area contributed by atoms with Crippen molar-refractivity contribution in [1.29, 1.82) is 0 Å². The summed E-state index contributed by atoms with van der Waals surface area (Å²) >= 11 is 1.16. The standard InChI is InChI=1S/C11H10N2O2S/c1-6-4-3-5-12-8(6)10-13-7(2)9(16-10)11(14)15/h3-5H,1-2H3,(H,14,15). The average Bonchev–Trinajstić information content (AvgIpc) is 2.61. The maximum absolute atomic E-state index is 10.9. The van der Waals surface area contributed by atoms with E-state index < -0.39 is 5.97 Å². The lowest BCUT2D eigenvalue weighted by Crippen LogP contribution is -1.94. The lowest BCUT2D eigenvalue weighted by Gasteiger charge is -1.98. The van der Waals surface area contributed by atoms with Crippen LogP contribution >= 0.6 is 11.3 Å². The number of hydrogen-bond acceptors (Lipinski definition) is 4. The molecule has 2 aromatic rings. The van der Waals surface area contributed by atoms with Gasteiger partial charge in [0.25, 0.3) is 0 Å². The first-order valence-corrected chi connectivity index (χ1v) is 5.54. The van der Waals surface area contributed by atoms with Crippen molar-refractivity contribution >= 4 is 17.3 Å². The first kappa shape index (κ1) is 10.8. The molecule has 16 heavy (non-hydrogen) atoms. The van der Waals surface area contributed by atoms with E-state index in [9.17, 15) is 4.79 Å². The van der Waals surface area contributed by atoms with Crippen molar-refractivity contribution in [2.45, 2.75) is 13.8 Å². The number of carbonyl (C=O) groups is 1. The third kappa shape index (κ3) is 1.81. The summed E-state index contributed by atoms with van der Waals surface area (Å²) in [5.41, 5.74) is 2.29. The molecule has 2 aromatic heterocycles. The fourth-order valence-electron chi connectivity index (χ4n) is 1.41. The van der Waals surface area contributed by atoms with Crippen LogP contribution in [-0.4, -0.2) is 21.0 Å². The number of thiazole rings is 1. The third-order valence-electron chi connectivity index (χ3n) is 2.20. The fraction of sp³-hybridized carbons (Fsp3) is 0.182. The summed E-state index contributed by atoms with van der Waals surface area (Å²) < 4.78 is 0. The monoisotopic (exact) mass is 234 g/mol. The Kier molecular flexibility index (Phi) is 2.70. The zero-order valence-corrected chi connectivity index (χ0v) is 9.71. The number of hydrogen-bond donors (Lipinski definition) is 1. The molecule has 0 fully saturated rings. The number of rotatable bonds is 2. The maximum Gasteiger partial charge on any atom is 0.347 e. The largest absolute Gasteiger partial charge is 0.477 e. The molecule has 82 valence electrons. The summed E-state index contributed by atoms with van der Waals surface area (Å²) in [7, 11) is 0. The van der Waals surface area contributed by atoms with Crippen LogP contribution in [0.3, 0.4) is 0 Å². The van der Waals surface area contributed by atoms with Gasteiger partial charge in [-0.3, -0.25) is 4.98 Å². The first-order chi connectivity index (χ1) is 7.59. The normalized spacial score (nSPS) is 10.4. The number of carboxylic acids is 1. The molecule has 0 saturated carbocycles. The molecule has 0 saturated heterocycles. The molecule has 0 aromatic carbocycles. The Morgan fingerprint density at radius 2 is 2.19 bits per heavy atom. The van der Waals surface area contributed by atoms with Gasteiger partial charge < -0.3 is 5.11 Å². The Bertz CT molecular complexity index is 549. The van der Waals surface area contributed by atoms with Crippen LogP contribution in [0.4, 0.5) is 0 Å². The van der Waals surface area contributed by atoms with Crippen LogP contribution in [-0.2, 0) is 0 Å². The van der Waals surface area contributed by atoms with Crippen LogP contribution in [0.25, 0.3) is 10.7 Å². The molecule has 2 heterocycles. The van der Waals surface area contributed by atoms with Crippen molar-refractivity contribution in [3.63, 3.8) is 0 Å². The van der Waals surface area contributed by atoms with Crippen LogP contribution in [0.2, 0.25) is 0 Å². The van der Waals surface area contributed by atoms with Crippen LogP contribution in [0.5, 0.6) is 0 Å². The highest BCUT2D eigenvalue weighted by Crippen LogP contribution is 2.28. The molecule has 0 atom stereocenters. The molecule has 0 amide bonds. The predicted molar refractivity (Wildman–Crippen MR) is 61.8 cm³/mol. The highest BCUT2D eigenvalue weighted by molar-refractivity contribution is 7.17. The summed E-state index contributed by atoms with van der Waals surface area (Å²) in [5, 5.41) is 9.61. The van der Waals surface area contributed by atoms with Crippen molar-refractivity contribution in [3.05, 3.63) is 34.5 Å². The molecule has 5 heteroatoms. The quantitative estimate of drug-likeness (QED) is 0.867. The molecule has 0 aliphatic rings. The van der Waals surface area contributed by atoms with Gasteiger partial charge in [0.15, 0.2) is 0 Å². The SMILES string of the molecule is Cc1cccnc1-c1nc(C)c(C(=O)O)s1. The average molecular weight is 234 g/mol. The minimum absolute atomic E-state index is 0.278. The molecular formula is C11H10N2O2S. The van der Waals surface area contributed by atoms with Gasteiger partial charge in [-0.1, -0.05) is 6.07 Å². The second-order valence-electron chi connectivity index (χ2n) is 3.41. The van der Waals surface area contributed by atoms with E-state index in [1.807, 2.05) is 19.1 Å². The third-order valence-corrected chi connectivity index (χ3v) is 3.36.